The number of pyridine rings is 1. The summed E-state index contributed by atoms with van der Waals surface area (Å²) < 4.78 is 15.5. The van der Waals surface area contributed by atoms with Crippen molar-refractivity contribution in [2.45, 2.75) is 18.9 Å². The third kappa shape index (κ3) is 2.56. The molecule has 1 amide bonds. The molecule has 2 heterocycles. The maximum atomic E-state index is 13.8. The minimum Gasteiger partial charge on any atom is -0.345 e. The summed E-state index contributed by atoms with van der Waals surface area (Å²) in [4.78, 5) is 20.8. The van der Waals surface area contributed by atoms with Crippen LogP contribution >= 0.6 is 0 Å². The molecule has 2 aromatic heterocycles. The largest absolute Gasteiger partial charge is 0.345 e. The van der Waals surface area contributed by atoms with Crippen molar-refractivity contribution in [2.75, 3.05) is 0 Å². The highest BCUT2D eigenvalue weighted by Gasteiger charge is 2.26. The number of halogens is 1. The fourth-order valence-corrected chi connectivity index (χ4v) is 3.10. The van der Waals surface area contributed by atoms with Crippen LogP contribution in [0.2, 0.25) is 0 Å². The third-order valence-electron chi connectivity index (χ3n) is 4.30. The van der Waals surface area contributed by atoms with Crippen molar-refractivity contribution in [1.82, 2.24) is 19.9 Å². The average Bonchev–Trinajstić information content (AvgIpc) is 3.26. The Labute approximate surface area is 138 Å². The molecule has 0 spiro atoms. The number of rotatable bonds is 3. The Morgan fingerprint density at radius 2 is 2.21 bits per heavy atom. The van der Waals surface area contributed by atoms with Crippen LogP contribution in [0.3, 0.4) is 0 Å². The van der Waals surface area contributed by atoms with E-state index in [2.05, 4.69) is 15.3 Å². The Bertz CT molecular complexity index is 892. The number of carbonyl (C=O) groups is 1. The van der Waals surface area contributed by atoms with E-state index in [0.717, 1.165) is 5.56 Å². The molecule has 4 rings (SSSR count). The van der Waals surface area contributed by atoms with Crippen LogP contribution in [0.25, 0.3) is 5.82 Å². The minimum atomic E-state index is -0.199. The maximum Gasteiger partial charge on any atom is 0.251 e. The second-order valence-electron chi connectivity index (χ2n) is 5.75. The van der Waals surface area contributed by atoms with Gasteiger partial charge in [-0.15, -0.1) is 0 Å². The highest BCUT2D eigenvalue weighted by atomic mass is 19.1. The van der Waals surface area contributed by atoms with Gasteiger partial charge < -0.3 is 5.32 Å². The summed E-state index contributed by atoms with van der Waals surface area (Å²) in [6.07, 6.45) is 7.98. The lowest BCUT2D eigenvalue weighted by molar-refractivity contribution is 0.0936. The van der Waals surface area contributed by atoms with Gasteiger partial charge in [-0.2, -0.15) is 0 Å². The SMILES string of the molecule is O=C(N[C@@H]1CCc2c(F)cccc21)c1ccnc(-n2ccnc2)c1. The third-order valence-corrected chi connectivity index (χ3v) is 4.30. The number of imidazole rings is 1. The minimum absolute atomic E-state index is 0.159. The van der Waals surface area contributed by atoms with Crippen molar-refractivity contribution in [2.24, 2.45) is 0 Å². The second-order valence-corrected chi connectivity index (χ2v) is 5.75. The molecule has 1 aliphatic carbocycles. The molecule has 0 saturated heterocycles. The molecule has 1 aliphatic rings. The predicted octanol–water partition coefficient (Wildman–Crippen LogP) is 2.82. The molecule has 0 fully saturated rings. The molecular formula is C18H15FN4O. The molecule has 3 aromatic rings. The highest BCUT2D eigenvalue weighted by molar-refractivity contribution is 5.94. The summed E-state index contributed by atoms with van der Waals surface area (Å²) in [6.45, 7) is 0. The number of nitrogens with one attached hydrogen (secondary N) is 1. The first-order chi connectivity index (χ1) is 11.7. The number of amides is 1. The lowest BCUT2D eigenvalue weighted by atomic mass is 10.1. The smallest absolute Gasteiger partial charge is 0.251 e. The molecule has 1 N–H and O–H groups in total. The first-order valence-corrected chi connectivity index (χ1v) is 7.75. The number of carbonyl (C=O) groups excluding carboxylic acids is 1. The van der Waals surface area contributed by atoms with E-state index in [1.165, 1.54) is 6.07 Å². The Morgan fingerprint density at radius 1 is 1.29 bits per heavy atom. The van der Waals surface area contributed by atoms with Gasteiger partial charge in [-0.1, -0.05) is 12.1 Å². The van der Waals surface area contributed by atoms with Gasteiger partial charge in [-0.3, -0.25) is 9.36 Å². The first-order valence-electron chi connectivity index (χ1n) is 7.75. The van der Waals surface area contributed by atoms with Crippen LogP contribution < -0.4 is 5.32 Å². The molecule has 5 nitrogen and oxygen atoms in total. The normalized spacial score (nSPS) is 16.0. The van der Waals surface area contributed by atoms with E-state index >= 15 is 0 Å². The number of nitrogens with zero attached hydrogens (tertiary/aromatic N) is 3. The van der Waals surface area contributed by atoms with Crippen LogP contribution in [0, 0.1) is 5.82 Å². The topological polar surface area (TPSA) is 59.8 Å². The number of aromatic nitrogens is 3. The van der Waals surface area contributed by atoms with E-state index in [9.17, 15) is 9.18 Å². The number of hydrogen-bond donors (Lipinski definition) is 1. The quantitative estimate of drug-likeness (QED) is 0.806. The molecule has 120 valence electrons. The van der Waals surface area contributed by atoms with E-state index in [0.29, 0.717) is 29.8 Å². The van der Waals surface area contributed by atoms with Crippen LogP contribution in [0.1, 0.15) is 33.9 Å². The summed E-state index contributed by atoms with van der Waals surface area (Å²) in [5, 5.41) is 2.99. The van der Waals surface area contributed by atoms with Gasteiger partial charge in [-0.25, -0.2) is 14.4 Å². The Kier molecular flexibility index (Phi) is 3.57. The van der Waals surface area contributed by atoms with Gasteiger partial charge >= 0.3 is 0 Å². The molecule has 0 radical (unpaired) electrons. The van der Waals surface area contributed by atoms with E-state index in [4.69, 9.17) is 0 Å². The summed E-state index contributed by atoms with van der Waals surface area (Å²) in [5.41, 5.74) is 2.09. The van der Waals surface area contributed by atoms with Gasteiger partial charge in [0, 0.05) is 24.2 Å². The second kappa shape index (κ2) is 5.88. The monoisotopic (exact) mass is 322 g/mol. The summed E-state index contributed by atoms with van der Waals surface area (Å²) in [7, 11) is 0. The Balaban J connectivity index is 1.56. The van der Waals surface area contributed by atoms with Crippen molar-refractivity contribution in [1.29, 1.82) is 0 Å². The zero-order valence-corrected chi connectivity index (χ0v) is 12.8. The molecular weight excluding hydrogens is 307 g/mol. The van der Waals surface area contributed by atoms with Crippen LogP contribution in [-0.4, -0.2) is 20.4 Å². The van der Waals surface area contributed by atoms with E-state index in [1.807, 2.05) is 6.07 Å². The van der Waals surface area contributed by atoms with Gasteiger partial charge in [0.15, 0.2) is 0 Å². The fourth-order valence-electron chi connectivity index (χ4n) is 3.10. The van der Waals surface area contributed by atoms with E-state index < -0.39 is 0 Å². The van der Waals surface area contributed by atoms with Crippen molar-refractivity contribution in [3.8, 4) is 5.82 Å². The zero-order valence-electron chi connectivity index (χ0n) is 12.8. The molecule has 0 saturated carbocycles. The van der Waals surface area contributed by atoms with Crippen molar-refractivity contribution in [3.05, 3.63) is 77.8 Å². The lowest BCUT2D eigenvalue weighted by Gasteiger charge is -2.14. The highest BCUT2D eigenvalue weighted by Crippen LogP contribution is 2.32. The molecule has 0 aliphatic heterocycles. The number of fused-ring (bicyclic) bond motifs is 1. The van der Waals surface area contributed by atoms with Crippen LogP contribution in [-0.2, 0) is 6.42 Å². The van der Waals surface area contributed by atoms with Gasteiger partial charge in [-0.05, 0) is 42.2 Å². The summed E-state index contributed by atoms with van der Waals surface area (Å²) in [6, 6.07) is 8.23. The molecule has 24 heavy (non-hydrogen) atoms. The molecule has 6 heteroatoms. The standard InChI is InChI=1S/C18H15FN4O/c19-15-3-1-2-14-13(15)4-5-16(14)22-18(24)12-6-7-21-17(10-12)23-9-8-20-11-23/h1-3,6-11,16H,4-5H2,(H,22,24)/t16-/m1/s1. The molecule has 0 unspecified atom stereocenters. The van der Waals surface area contributed by atoms with E-state index in [-0.39, 0.29) is 17.8 Å². The molecule has 0 bridgehead atoms. The average molecular weight is 322 g/mol. The Hall–Kier alpha value is -3.02. The van der Waals surface area contributed by atoms with Crippen molar-refractivity contribution < 1.29 is 9.18 Å². The molecule has 1 aromatic carbocycles. The fraction of sp³-hybridized carbons (Fsp3) is 0.167. The Morgan fingerprint density at radius 3 is 3.04 bits per heavy atom. The summed E-state index contributed by atoms with van der Waals surface area (Å²) in [5.74, 6) is 0.231. The van der Waals surface area contributed by atoms with Gasteiger partial charge in [0.2, 0.25) is 0 Å². The lowest BCUT2D eigenvalue weighted by Crippen LogP contribution is -2.27. The zero-order chi connectivity index (χ0) is 16.5. The number of hydrogen-bond acceptors (Lipinski definition) is 3. The van der Waals surface area contributed by atoms with Crippen LogP contribution in [0.5, 0.6) is 0 Å². The maximum absolute atomic E-state index is 13.8. The van der Waals surface area contributed by atoms with Crippen LogP contribution in [0.15, 0.2) is 55.2 Å². The van der Waals surface area contributed by atoms with Gasteiger partial charge in [0.1, 0.15) is 18.0 Å². The summed E-state index contributed by atoms with van der Waals surface area (Å²) >= 11 is 0. The van der Waals surface area contributed by atoms with Crippen molar-refractivity contribution >= 4 is 5.91 Å². The predicted molar refractivity (Wildman–Crippen MR) is 86.3 cm³/mol. The molecule has 1 atom stereocenters. The number of benzene rings is 1. The van der Waals surface area contributed by atoms with Gasteiger partial charge in [0.05, 0.1) is 6.04 Å². The first kappa shape index (κ1) is 14.6. The van der Waals surface area contributed by atoms with Crippen molar-refractivity contribution in [3.63, 3.8) is 0 Å². The van der Waals surface area contributed by atoms with Crippen LogP contribution in [0.4, 0.5) is 4.39 Å². The van der Waals surface area contributed by atoms with E-state index in [1.54, 1.807) is 47.7 Å². The van der Waals surface area contributed by atoms with Gasteiger partial charge in [0.25, 0.3) is 5.91 Å².